The first-order valence-electron chi connectivity index (χ1n) is 10.5. The van der Waals surface area contributed by atoms with E-state index in [1.807, 2.05) is 12.1 Å². The summed E-state index contributed by atoms with van der Waals surface area (Å²) >= 11 is 5.95. The molecule has 3 rings (SSSR count). The van der Waals surface area contributed by atoms with Gasteiger partial charge in [-0.2, -0.15) is 0 Å². The normalized spacial score (nSPS) is 16.9. The summed E-state index contributed by atoms with van der Waals surface area (Å²) in [5, 5.41) is 17.1. The molecule has 1 aliphatic rings. The summed E-state index contributed by atoms with van der Waals surface area (Å²) in [5.74, 6) is -2.34. The predicted octanol–water partition coefficient (Wildman–Crippen LogP) is 1.70. The second kappa shape index (κ2) is 12.3. The average Bonchev–Trinajstić information content (AvgIpc) is 2.78. The minimum absolute atomic E-state index is 0.495. The molecule has 2 atom stereocenters. The molecule has 0 aromatic heterocycles. The Morgan fingerprint density at radius 2 is 1.72 bits per heavy atom. The van der Waals surface area contributed by atoms with Crippen molar-refractivity contribution in [2.75, 3.05) is 27.3 Å². The van der Waals surface area contributed by atoms with E-state index < -0.39 is 11.9 Å². The van der Waals surface area contributed by atoms with E-state index in [0.717, 1.165) is 29.4 Å². The quantitative estimate of drug-likeness (QED) is 0.479. The van der Waals surface area contributed by atoms with Crippen LogP contribution in [0.5, 0.6) is 11.5 Å². The molecule has 0 fully saturated rings. The van der Waals surface area contributed by atoms with Crippen LogP contribution in [0.2, 0.25) is 5.02 Å². The minimum Gasteiger partial charge on any atom is -0.539 e. The van der Waals surface area contributed by atoms with E-state index in [4.69, 9.17) is 40.9 Å². The molecule has 0 spiro atoms. The summed E-state index contributed by atoms with van der Waals surface area (Å²) in [4.78, 5) is 19.7. The van der Waals surface area contributed by atoms with E-state index in [-0.39, 0.29) is 0 Å². The highest BCUT2D eigenvalue weighted by molar-refractivity contribution is 6.30. The Labute approximate surface area is 193 Å². The highest BCUT2D eigenvalue weighted by Crippen LogP contribution is 2.33. The lowest BCUT2D eigenvalue weighted by atomic mass is 9.92. The van der Waals surface area contributed by atoms with Gasteiger partial charge >= 0.3 is 5.97 Å². The van der Waals surface area contributed by atoms with E-state index in [1.54, 1.807) is 19.1 Å². The summed E-state index contributed by atoms with van der Waals surface area (Å²) < 4.78 is 11.0. The number of carbonyl (C=O) groups excluding carboxylic acids is 1. The van der Waals surface area contributed by atoms with Gasteiger partial charge in [-0.1, -0.05) is 23.7 Å². The summed E-state index contributed by atoms with van der Waals surface area (Å²) in [6, 6.07) is 13.0. The second-order valence-corrected chi connectivity index (χ2v) is 8.15. The molecular weight excluding hydrogens is 434 g/mol. The number of hydrogen-bond donors (Lipinski definition) is 2. The Bertz CT molecular complexity index is 903. The minimum atomic E-state index is -2.07. The summed E-state index contributed by atoms with van der Waals surface area (Å²) in [7, 11) is 3.41. The molecule has 2 N–H and O–H groups in total. The molecule has 7 nitrogen and oxygen atoms in total. The zero-order valence-electron chi connectivity index (χ0n) is 18.7. The molecule has 1 heterocycles. The number of aliphatic carboxylic acids is 2. The van der Waals surface area contributed by atoms with Gasteiger partial charge in [0.15, 0.2) is 17.5 Å². The number of carboxylic acid groups (broad SMARTS) is 2. The van der Waals surface area contributed by atoms with Gasteiger partial charge in [-0.15, -0.1) is 0 Å². The molecule has 0 saturated heterocycles. The van der Waals surface area contributed by atoms with E-state index >= 15 is 0 Å². The summed E-state index contributed by atoms with van der Waals surface area (Å²) in [6.45, 7) is 4.73. The fourth-order valence-corrected chi connectivity index (χ4v) is 4.09. The molecule has 2 unspecified atom stereocenters. The molecule has 2 aromatic carbocycles. The van der Waals surface area contributed by atoms with Gasteiger partial charge in [-0.25, -0.2) is 4.79 Å². The third-order valence-electron chi connectivity index (χ3n) is 5.74. The molecule has 174 valence electrons. The largest absolute Gasteiger partial charge is 0.539 e. The van der Waals surface area contributed by atoms with E-state index in [2.05, 4.69) is 31.2 Å². The fraction of sp³-hybridized carbons (Fsp3) is 0.417. The fourth-order valence-electron chi connectivity index (χ4n) is 3.96. The molecule has 0 radical (unpaired) electrons. The van der Waals surface area contributed by atoms with Gasteiger partial charge in [-0.3, -0.25) is 0 Å². The monoisotopic (exact) mass is 463 g/mol. The number of carboxylic acids is 2. The Balaban J connectivity index is 0.000000534. The van der Waals surface area contributed by atoms with E-state index in [1.165, 1.54) is 42.6 Å². The van der Waals surface area contributed by atoms with Crippen LogP contribution in [0, 0.1) is 0 Å². The number of benzene rings is 2. The molecule has 2 aromatic rings. The van der Waals surface area contributed by atoms with Crippen molar-refractivity contribution in [1.82, 2.24) is 0 Å². The van der Waals surface area contributed by atoms with Crippen LogP contribution in [-0.2, 0) is 22.4 Å². The SMILES string of the molecule is COc1cc2c(cc1OC)C(C)[NH+](CCCCc1ccc(Cl)cc1)CC2.O=C([O-])C(=O)O. The van der Waals surface area contributed by atoms with Gasteiger partial charge in [0, 0.05) is 17.0 Å². The number of unbranched alkanes of at least 4 members (excludes halogenated alkanes) is 1. The lowest BCUT2D eigenvalue weighted by Gasteiger charge is -2.33. The van der Waals surface area contributed by atoms with Gasteiger partial charge in [0.2, 0.25) is 0 Å². The average molecular weight is 464 g/mol. The van der Waals surface area contributed by atoms with Crippen molar-refractivity contribution >= 4 is 23.5 Å². The van der Waals surface area contributed by atoms with Gasteiger partial charge in [0.1, 0.15) is 6.04 Å². The third kappa shape index (κ3) is 7.14. The highest BCUT2D eigenvalue weighted by atomic mass is 35.5. The molecule has 0 aliphatic carbocycles. The molecule has 8 heteroatoms. The zero-order valence-corrected chi connectivity index (χ0v) is 19.4. The highest BCUT2D eigenvalue weighted by Gasteiger charge is 2.28. The summed E-state index contributed by atoms with van der Waals surface area (Å²) in [5.41, 5.74) is 4.18. The van der Waals surface area contributed by atoms with E-state index in [0.29, 0.717) is 6.04 Å². The van der Waals surface area contributed by atoms with Crippen LogP contribution in [0.1, 0.15) is 42.5 Å². The topological polar surface area (TPSA) is 100 Å². The number of quaternary nitrogens is 1. The molecular formula is C24H30ClNO6. The number of nitrogens with one attached hydrogen (secondary N) is 1. The third-order valence-corrected chi connectivity index (χ3v) is 5.99. The van der Waals surface area contributed by atoms with Gasteiger partial charge in [0.25, 0.3) is 0 Å². The van der Waals surface area contributed by atoms with Crippen molar-refractivity contribution in [3.8, 4) is 11.5 Å². The van der Waals surface area contributed by atoms with Crippen LogP contribution in [-0.4, -0.2) is 44.4 Å². The van der Waals surface area contributed by atoms with Gasteiger partial charge < -0.3 is 29.4 Å². The van der Waals surface area contributed by atoms with Gasteiger partial charge in [-0.05, 0) is 61.6 Å². The molecule has 1 aliphatic heterocycles. The molecule has 32 heavy (non-hydrogen) atoms. The lowest BCUT2D eigenvalue weighted by molar-refractivity contribution is -0.932. The van der Waals surface area contributed by atoms with Crippen LogP contribution < -0.4 is 19.5 Å². The number of methoxy groups -OCH3 is 2. The zero-order chi connectivity index (χ0) is 23.7. The Hall–Kier alpha value is -2.77. The van der Waals surface area contributed by atoms with Crippen molar-refractivity contribution in [3.63, 3.8) is 0 Å². The van der Waals surface area contributed by atoms with E-state index in [9.17, 15) is 0 Å². The number of rotatable bonds is 7. The van der Waals surface area contributed by atoms with Crippen molar-refractivity contribution < 1.29 is 34.2 Å². The number of ether oxygens (including phenoxy) is 2. The first kappa shape index (κ1) is 25.5. The smallest absolute Gasteiger partial charge is 0.351 e. The summed E-state index contributed by atoms with van der Waals surface area (Å²) in [6.07, 6.45) is 4.69. The van der Waals surface area contributed by atoms with Crippen LogP contribution >= 0.6 is 11.6 Å². The van der Waals surface area contributed by atoms with Crippen LogP contribution in [0.15, 0.2) is 36.4 Å². The number of fused-ring (bicyclic) bond motifs is 1. The number of carbonyl (C=O) groups is 2. The number of hydrogen-bond acceptors (Lipinski definition) is 5. The van der Waals surface area contributed by atoms with Crippen LogP contribution in [0.3, 0.4) is 0 Å². The van der Waals surface area contributed by atoms with Crippen LogP contribution in [0.25, 0.3) is 0 Å². The first-order chi connectivity index (χ1) is 15.3. The first-order valence-corrected chi connectivity index (χ1v) is 10.9. The maximum Gasteiger partial charge on any atom is 0.351 e. The van der Waals surface area contributed by atoms with Crippen molar-refractivity contribution in [3.05, 3.63) is 58.1 Å². The van der Waals surface area contributed by atoms with Gasteiger partial charge in [0.05, 0.1) is 27.3 Å². The number of halogens is 1. The predicted molar refractivity (Wildman–Crippen MR) is 119 cm³/mol. The van der Waals surface area contributed by atoms with Crippen molar-refractivity contribution in [1.29, 1.82) is 0 Å². The molecule has 0 amide bonds. The molecule has 0 saturated carbocycles. The van der Waals surface area contributed by atoms with Crippen molar-refractivity contribution in [2.24, 2.45) is 0 Å². The standard InChI is InChI=1S/C22H28ClNO2.C2H2O4/c1-16-20-15-22(26-3)21(25-2)14-18(20)11-13-24(16)12-5-4-6-17-7-9-19(23)10-8-17;3-1(4)2(5)6/h7-10,14-16H,4-6,11-13H2,1-3H3;(H,3,4)(H,5,6). The maximum atomic E-state index is 9.04. The second-order valence-electron chi connectivity index (χ2n) is 7.71. The molecule has 0 bridgehead atoms. The Morgan fingerprint density at radius 1 is 1.12 bits per heavy atom. The maximum absolute atomic E-state index is 9.04. The lowest BCUT2D eigenvalue weighted by Crippen LogP contribution is -3.13. The Morgan fingerprint density at radius 3 is 2.28 bits per heavy atom. The Kier molecular flexibility index (Phi) is 9.81. The van der Waals surface area contributed by atoms with Crippen molar-refractivity contribution in [2.45, 2.75) is 38.6 Å². The van der Waals surface area contributed by atoms with Crippen LogP contribution in [0.4, 0.5) is 0 Å². The number of aryl methyl sites for hydroxylation is 1.